The highest BCUT2D eigenvalue weighted by molar-refractivity contribution is 6.32. The van der Waals surface area contributed by atoms with Gasteiger partial charge in [-0.2, -0.15) is 0 Å². The summed E-state index contributed by atoms with van der Waals surface area (Å²) in [5.41, 5.74) is 0.891. The Bertz CT molecular complexity index is 477. The number of halogens is 2. The van der Waals surface area contributed by atoms with Crippen molar-refractivity contribution in [3.63, 3.8) is 0 Å². The molecule has 0 amide bonds. The highest BCUT2D eigenvalue weighted by Crippen LogP contribution is 2.29. The second kappa shape index (κ2) is 3.58. The van der Waals surface area contributed by atoms with Gasteiger partial charge in [0.2, 0.25) is 0 Å². The third kappa shape index (κ3) is 1.38. The Labute approximate surface area is 87.3 Å². The van der Waals surface area contributed by atoms with E-state index in [0.717, 1.165) is 22.8 Å². The molecule has 0 aliphatic rings. The minimum absolute atomic E-state index is 0.256. The van der Waals surface area contributed by atoms with Crippen molar-refractivity contribution in [2.75, 3.05) is 0 Å². The molecule has 14 heavy (non-hydrogen) atoms. The number of aryl methyl sites for hydroxylation is 1. The molecule has 0 saturated heterocycles. The van der Waals surface area contributed by atoms with Gasteiger partial charge in [-0.3, -0.25) is 0 Å². The average molecular weight is 209 g/mol. The molecule has 0 fully saturated rings. The van der Waals surface area contributed by atoms with E-state index in [2.05, 4.69) is 0 Å². The Balaban J connectivity index is 2.89. The van der Waals surface area contributed by atoms with Crippen molar-refractivity contribution >= 4 is 22.4 Å². The van der Waals surface area contributed by atoms with E-state index >= 15 is 0 Å². The second-order valence-corrected chi connectivity index (χ2v) is 3.60. The topological polar surface area (TPSA) is 0 Å². The molecule has 0 N–H and O–H groups in total. The number of hydrogen-bond donors (Lipinski definition) is 0. The predicted octanol–water partition coefficient (Wildman–Crippen LogP) is 4.19. The first kappa shape index (κ1) is 9.47. The van der Waals surface area contributed by atoms with Crippen LogP contribution in [-0.4, -0.2) is 0 Å². The summed E-state index contributed by atoms with van der Waals surface area (Å²) in [6, 6.07) is 9.19. The van der Waals surface area contributed by atoms with Gasteiger partial charge in [0.1, 0.15) is 5.82 Å². The van der Waals surface area contributed by atoms with Crippen molar-refractivity contribution in [2.45, 2.75) is 13.3 Å². The van der Waals surface area contributed by atoms with E-state index in [4.69, 9.17) is 11.6 Å². The van der Waals surface area contributed by atoms with E-state index < -0.39 is 0 Å². The van der Waals surface area contributed by atoms with E-state index in [1.54, 1.807) is 0 Å². The maximum absolute atomic E-state index is 13.4. The van der Waals surface area contributed by atoms with Crippen LogP contribution in [0.3, 0.4) is 0 Å². The van der Waals surface area contributed by atoms with Crippen LogP contribution in [0.4, 0.5) is 4.39 Å². The van der Waals surface area contributed by atoms with Crippen LogP contribution in [0.5, 0.6) is 0 Å². The molecule has 0 radical (unpaired) electrons. The summed E-state index contributed by atoms with van der Waals surface area (Å²) in [5.74, 6) is -0.331. The zero-order valence-corrected chi connectivity index (χ0v) is 8.61. The Morgan fingerprint density at radius 2 is 2.00 bits per heavy atom. The van der Waals surface area contributed by atoms with E-state index in [9.17, 15) is 4.39 Å². The molecule has 0 aromatic heterocycles. The van der Waals surface area contributed by atoms with Gasteiger partial charge >= 0.3 is 0 Å². The predicted molar refractivity (Wildman–Crippen MR) is 58.3 cm³/mol. The number of hydrogen-bond acceptors (Lipinski definition) is 0. The molecule has 0 nitrogen and oxygen atoms in total. The van der Waals surface area contributed by atoms with Crippen LogP contribution >= 0.6 is 11.6 Å². The number of fused-ring (bicyclic) bond motifs is 1. The fourth-order valence-corrected chi connectivity index (χ4v) is 2.00. The lowest BCUT2D eigenvalue weighted by Gasteiger charge is -2.07. The Hall–Kier alpha value is -1.08. The lowest BCUT2D eigenvalue weighted by molar-refractivity contribution is 0.628. The van der Waals surface area contributed by atoms with Crippen LogP contribution in [0, 0.1) is 5.82 Å². The number of rotatable bonds is 1. The molecule has 0 aliphatic carbocycles. The van der Waals surface area contributed by atoms with E-state index in [1.807, 2.05) is 31.2 Å². The highest BCUT2D eigenvalue weighted by atomic mass is 35.5. The fourth-order valence-electron chi connectivity index (χ4n) is 1.71. The van der Waals surface area contributed by atoms with Gasteiger partial charge in [-0.05, 0) is 28.8 Å². The zero-order chi connectivity index (χ0) is 10.1. The fraction of sp³-hybridized carbons (Fsp3) is 0.167. The monoisotopic (exact) mass is 208 g/mol. The quantitative estimate of drug-likeness (QED) is 0.659. The van der Waals surface area contributed by atoms with Gasteiger partial charge in [0, 0.05) is 0 Å². The molecule has 2 rings (SSSR count). The largest absolute Gasteiger partial charge is 0.205 e. The van der Waals surface area contributed by atoms with Gasteiger partial charge < -0.3 is 0 Å². The van der Waals surface area contributed by atoms with Crippen molar-refractivity contribution in [1.82, 2.24) is 0 Å². The van der Waals surface area contributed by atoms with Crippen LogP contribution in [0.2, 0.25) is 5.02 Å². The Kier molecular flexibility index (Phi) is 2.42. The molecule has 0 atom stereocenters. The van der Waals surface area contributed by atoms with Crippen LogP contribution < -0.4 is 0 Å². The molecule has 2 aromatic rings. The first-order chi connectivity index (χ1) is 6.74. The Morgan fingerprint density at radius 1 is 1.29 bits per heavy atom. The maximum Gasteiger partial charge on any atom is 0.142 e. The average Bonchev–Trinajstić information content (AvgIpc) is 2.20. The molecule has 0 unspecified atom stereocenters. The van der Waals surface area contributed by atoms with Crippen LogP contribution in [0.25, 0.3) is 10.8 Å². The molecule has 0 aliphatic heterocycles. The normalized spacial score (nSPS) is 10.8. The summed E-state index contributed by atoms with van der Waals surface area (Å²) in [6.45, 7) is 1.98. The van der Waals surface area contributed by atoms with Crippen LogP contribution in [0.15, 0.2) is 30.3 Å². The highest BCUT2D eigenvalue weighted by Gasteiger charge is 2.09. The summed E-state index contributed by atoms with van der Waals surface area (Å²) in [6.07, 6.45) is 0.747. The smallest absolute Gasteiger partial charge is 0.142 e. The minimum atomic E-state index is -0.331. The van der Waals surface area contributed by atoms with Crippen molar-refractivity contribution in [1.29, 1.82) is 0 Å². The third-order valence-electron chi connectivity index (χ3n) is 2.40. The summed E-state index contributed by atoms with van der Waals surface area (Å²) < 4.78 is 13.4. The van der Waals surface area contributed by atoms with Crippen LogP contribution in [0.1, 0.15) is 12.5 Å². The van der Waals surface area contributed by atoms with Gasteiger partial charge in [-0.15, -0.1) is 0 Å². The molecule has 2 aromatic carbocycles. The summed E-state index contributed by atoms with van der Waals surface area (Å²) >= 11 is 5.90. The molecular weight excluding hydrogens is 199 g/mol. The second-order valence-electron chi connectivity index (χ2n) is 3.23. The Morgan fingerprint density at radius 3 is 2.71 bits per heavy atom. The van der Waals surface area contributed by atoms with Gasteiger partial charge in [-0.1, -0.05) is 42.8 Å². The summed E-state index contributed by atoms with van der Waals surface area (Å²) in [7, 11) is 0. The van der Waals surface area contributed by atoms with E-state index in [0.29, 0.717) is 0 Å². The summed E-state index contributed by atoms with van der Waals surface area (Å²) in [5, 5.41) is 2.21. The zero-order valence-electron chi connectivity index (χ0n) is 7.85. The SMILES string of the molecule is CCc1c(Cl)c(F)cc2ccccc12. The summed E-state index contributed by atoms with van der Waals surface area (Å²) in [4.78, 5) is 0. The first-order valence-electron chi connectivity index (χ1n) is 4.59. The lowest BCUT2D eigenvalue weighted by Crippen LogP contribution is -1.89. The van der Waals surface area contributed by atoms with Crippen LogP contribution in [-0.2, 0) is 6.42 Å². The standard InChI is InChI=1S/C12H10ClF/c1-2-9-10-6-4-3-5-8(10)7-11(14)12(9)13/h3-7H,2H2,1H3. The molecule has 72 valence electrons. The van der Waals surface area contributed by atoms with Gasteiger partial charge in [0.15, 0.2) is 0 Å². The van der Waals surface area contributed by atoms with Gasteiger partial charge in [0.25, 0.3) is 0 Å². The lowest BCUT2D eigenvalue weighted by atomic mass is 10.0. The number of benzene rings is 2. The van der Waals surface area contributed by atoms with Gasteiger partial charge in [-0.25, -0.2) is 4.39 Å². The molecule has 0 heterocycles. The van der Waals surface area contributed by atoms with Crippen molar-refractivity contribution in [2.24, 2.45) is 0 Å². The third-order valence-corrected chi connectivity index (χ3v) is 2.80. The molecule has 0 spiro atoms. The van der Waals surface area contributed by atoms with Crippen molar-refractivity contribution in [3.05, 3.63) is 46.7 Å². The van der Waals surface area contributed by atoms with Crippen molar-refractivity contribution in [3.8, 4) is 0 Å². The molecule has 2 heteroatoms. The molecular formula is C12H10ClF. The maximum atomic E-state index is 13.4. The first-order valence-corrected chi connectivity index (χ1v) is 4.97. The van der Waals surface area contributed by atoms with Crippen molar-refractivity contribution < 1.29 is 4.39 Å². The minimum Gasteiger partial charge on any atom is -0.205 e. The van der Waals surface area contributed by atoms with Gasteiger partial charge in [0.05, 0.1) is 5.02 Å². The van der Waals surface area contributed by atoms with E-state index in [1.165, 1.54) is 6.07 Å². The molecule has 0 saturated carbocycles. The molecule has 0 bridgehead atoms. The van der Waals surface area contributed by atoms with E-state index in [-0.39, 0.29) is 10.8 Å².